The van der Waals surface area contributed by atoms with Crippen LogP contribution in [0.3, 0.4) is 0 Å². The van der Waals surface area contributed by atoms with Crippen molar-refractivity contribution in [1.29, 1.82) is 0 Å². The second-order valence-corrected chi connectivity index (χ2v) is 10.8. The summed E-state index contributed by atoms with van der Waals surface area (Å²) >= 11 is 0. The van der Waals surface area contributed by atoms with E-state index in [9.17, 15) is 24.0 Å². The van der Waals surface area contributed by atoms with Crippen molar-refractivity contribution in [3.05, 3.63) is 71.8 Å². The number of guanidine groups is 1. The molecule has 0 aliphatic rings. The molecule has 0 spiro atoms. The molecule has 2 aromatic rings. The van der Waals surface area contributed by atoms with Crippen LogP contribution in [0, 0.1) is 0 Å². The number of amides is 5. The largest absolute Gasteiger partial charge is 0.370 e. The Hall–Kier alpha value is -4.94. The number of carbonyl (C=O) groups excluding carboxylic acids is 5. The lowest BCUT2D eigenvalue weighted by atomic mass is 10.0. The zero-order valence-corrected chi connectivity index (χ0v) is 26.0. The Bertz CT molecular complexity index is 1280. The highest BCUT2D eigenvalue weighted by atomic mass is 16.2. The summed E-state index contributed by atoms with van der Waals surface area (Å²) < 4.78 is 0. The topological polar surface area (TPSA) is 224 Å². The Morgan fingerprint density at radius 3 is 1.53 bits per heavy atom. The Morgan fingerprint density at radius 2 is 1.09 bits per heavy atom. The van der Waals surface area contributed by atoms with E-state index in [1.165, 1.54) is 6.92 Å². The average molecular weight is 623 g/mol. The number of benzene rings is 2. The molecule has 0 aromatic heterocycles. The van der Waals surface area contributed by atoms with Crippen molar-refractivity contribution in [1.82, 2.24) is 21.3 Å². The second-order valence-electron chi connectivity index (χ2n) is 10.8. The van der Waals surface area contributed by atoms with Gasteiger partial charge in [0.1, 0.15) is 24.2 Å². The van der Waals surface area contributed by atoms with Gasteiger partial charge >= 0.3 is 0 Å². The van der Waals surface area contributed by atoms with Gasteiger partial charge in [0.2, 0.25) is 29.5 Å². The van der Waals surface area contributed by atoms with Gasteiger partial charge in [0, 0.05) is 26.3 Å². The number of unbranched alkanes of at least 4 members (excludes halogenated alkanes) is 1. The molecule has 5 amide bonds. The normalized spacial score (nSPS) is 13.3. The van der Waals surface area contributed by atoms with Crippen molar-refractivity contribution in [3.8, 4) is 0 Å². The maximum Gasteiger partial charge on any atom is 0.243 e. The molecule has 0 bridgehead atoms. The maximum atomic E-state index is 13.6. The highest BCUT2D eigenvalue weighted by molar-refractivity contribution is 5.95. The third-order valence-corrected chi connectivity index (χ3v) is 6.98. The molecule has 4 atom stereocenters. The molecule has 0 heterocycles. The van der Waals surface area contributed by atoms with E-state index in [2.05, 4.69) is 26.3 Å². The first-order chi connectivity index (χ1) is 21.5. The average Bonchev–Trinajstić information content (AvgIpc) is 3.00. The molecule has 2 rings (SSSR count). The van der Waals surface area contributed by atoms with Crippen LogP contribution in [0.4, 0.5) is 0 Å². The lowest BCUT2D eigenvalue weighted by Crippen LogP contribution is -2.58. The quantitative estimate of drug-likeness (QED) is 0.0652. The molecule has 0 aliphatic carbocycles. The van der Waals surface area contributed by atoms with Gasteiger partial charge in [-0.25, -0.2) is 0 Å². The molecule has 0 fully saturated rings. The molecule has 0 aliphatic heterocycles. The van der Waals surface area contributed by atoms with Gasteiger partial charge in [-0.15, -0.1) is 0 Å². The van der Waals surface area contributed by atoms with Gasteiger partial charge in [-0.3, -0.25) is 29.0 Å². The van der Waals surface area contributed by atoms with E-state index in [-0.39, 0.29) is 31.8 Å². The van der Waals surface area contributed by atoms with Crippen molar-refractivity contribution in [3.63, 3.8) is 0 Å². The molecule has 244 valence electrons. The fraction of sp³-hybridized carbons (Fsp3) is 0.438. The van der Waals surface area contributed by atoms with E-state index in [0.717, 1.165) is 17.5 Å². The molecular formula is C32H46N8O5. The standard InChI is InChI=1S/C32H46N8O5/c1-3-4-16-24(39-31(45)27(37-21(2)41)20-23-14-9-6-10-15-23)29(43)38-25(17-11-18-36-32(34)35)30(44)40-26(28(33)42)19-22-12-7-5-8-13-22/h5-10,12-15,24-27H,3-4,11,16-20H2,1-2H3,(H2,33,42)(H,37,41)(H,38,43)(H,39,45)(H,40,44)(H4,34,35,36). The fourth-order valence-electron chi connectivity index (χ4n) is 4.64. The SMILES string of the molecule is CCCCC(NC(=O)C(Cc1ccccc1)NC(C)=O)C(=O)NC(CCCN=C(N)N)C(=O)NC(Cc1ccccc1)C(N)=O. The number of carbonyl (C=O) groups is 5. The number of nitrogens with zero attached hydrogens (tertiary/aromatic N) is 1. The number of hydrogen-bond donors (Lipinski definition) is 7. The van der Waals surface area contributed by atoms with Crippen molar-refractivity contribution in [2.24, 2.45) is 22.2 Å². The number of aliphatic imine (C=N–C) groups is 1. The summed E-state index contributed by atoms with van der Waals surface area (Å²) in [7, 11) is 0. The first kappa shape index (κ1) is 36.3. The van der Waals surface area contributed by atoms with Crippen molar-refractivity contribution in [2.45, 2.75) is 83.0 Å². The number of nitrogens with two attached hydrogens (primary N) is 3. The molecule has 45 heavy (non-hydrogen) atoms. The number of primary amides is 1. The smallest absolute Gasteiger partial charge is 0.243 e. The van der Waals surface area contributed by atoms with Crippen LogP contribution in [0.15, 0.2) is 65.7 Å². The van der Waals surface area contributed by atoms with Gasteiger partial charge in [0.25, 0.3) is 0 Å². The van der Waals surface area contributed by atoms with Gasteiger partial charge in [-0.05, 0) is 30.4 Å². The van der Waals surface area contributed by atoms with E-state index in [1.54, 1.807) is 0 Å². The highest BCUT2D eigenvalue weighted by Crippen LogP contribution is 2.09. The van der Waals surface area contributed by atoms with Crippen molar-refractivity contribution >= 4 is 35.5 Å². The summed E-state index contributed by atoms with van der Waals surface area (Å²) in [6.45, 7) is 3.47. The summed E-state index contributed by atoms with van der Waals surface area (Å²) in [6, 6.07) is 14.2. The Balaban J connectivity index is 2.23. The van der Waals surface area contributed by atoms with Gasteiger partial charge in [-0.2, -0.15) is 0 Å². The van der Waals surface area contributed by atoms with E-state index < -0.39 is 53.7 Å². The predicted octanol–water partition coefficient (Wildman–Crippen LogP) is 0.160. The Labute approximate surface area is 264 Å². The first-order valence-electron chi connectivity index (χ1n) is 15.1. The van der Waals surface area contributed by atoms with E-state index in [1.807, 2.05) is 67.6 Å². The molecule has 0 saturated heterocycles. The number of nitrogens with one attached hydrogen (secondary N) is 4. The summed E-state index contributed by atoms with van der Waals surface area (Å²) in [5, 5.41) is 10.8. The fourth-order valence-corrected chi connectivity index (χ4v) is 4.64. The number of hydrogen-bond acceptors (Lipinski definition) is 6. The molecule has 4 unspecified atom stereocenters. The van der Waals surface area contributed by atoms with Crippen LogP contribution in [-0.2, 0) is 36.8 Å². The summed E-state index contributed by atoms with van der Waals surface area (Å²) in [4.78, 5) is 68.5. The van der Waals surface area contributed by atoms with Crippen molar-refractivity contribution < 1.29 is 24.0 Å². The van der Waals surface area contributed by atoms with E-state index in [0.29, 0.717) is 19.3 Å². The van der Waals surface area contributed by atoms with Crippen LogP contribution >= 0.6 is 0 Å². The van der Waals surface area contributed by atoms with Crippen LogP contribution in [-0.4, -0.2) is 66.2 Å². The van der Waals surface area contributed by atoms with Crippen LogP contribution in [0.1, 0.15) is 57.1 Å². The van der Waals surface area contributed by atoms with Crippen LogP contribution in [0.2, 0.25) is 0 Å². The van der Waals surface area contributed by atoms with Gasteiger partial charge in [0.15, 0.2) is 5.96 Å². The van der Waals surface area contributed by atoms with Crippen LogP contribution in [0.5, 0.6) is 0 Å². The van der Waals surface area contributed by atoms with Gasteiger partial charge in [-0.1, -0.05) is 80.4 Å². The second kappa shape index (κ2) is 19.4. The molecule has 0 radical (unpaired) electrons. The molecule has 10 N–H and O–H groups in total. The molecule has 13 heteroatoms. The Kier molecular flexibility index (Phi) is 15.6. The highest BCUT2D eigenvalue weighted by Gasteiger charge is 2.30. The van der Waals surface area contributed by atoms with E-state index >= 15 is 0 Å². The van der Waals surface area contributed by atoms with Crippen LogP contribution < -0.4 is 38.5 Å². The third-order valence-electron chi connectivity index (χ3n) is 6.98. The first-order valence-corrected chi connectivity index (χ1v) is 15.1. The van der Waals surface area contributed by atoms with Gasteiger partial charge < -0.3 is 38.5 Å². The summed E-state index contributed by atoms with van der Waals surface area (Å²) in [5.74, 6) is -2.96. The van der Waals surface area contributed by atoms with Gasteiger partial charge in [0.05, 0.1) is 0 Å². The predicted molar refractivity (Wildman–Crippen MR) is 172 cm³/mol. The lowest BCUT2D eigenvalue weighted by molar-refractivity contribution is -0.134. The zero-order valence-electron chi connectivity index (χ0n) is 26.0. The molecule has 0 saturated carbocycles. The minimum Gasteiger partial charge on any atom is -0.370 e. The minimum atomic E-state index is -1.08. The zero-order chi connectivity index (χ0) is 33.2. The number of rotatable bonds is 19. The Morgan fingerprint density at radius 1 is 0.644 bits per heavy atom. The monoisotopic (exact) mass is 622 g/mol. The molecule has 2 aromatic carbocycles. The minimum absolute atomic E-state index is 0.108. The van der Waals surface area contributed by atoms with E-state index in [4.69, 9.17) is 17.2 Å². The van der Waals surface area contributed by atoms with Crippen LogP contribution in [0.25, 0.3) is 0 Å². The summed E-state index contributed by atoms with van der Waals surface area (Å²) in [6.07, 6.45) is 2.53. The third kappa shape index (κ3) is 13.9. The maximum absolute atomic E-state index is 13.6. The summed E-state index contributed by atoms with van der Waals surface area (Å²) in [5.41, 5.74) is 18.1. The molecule has 13 nitrogen and oxygen atoms in total. The lowest BCUT2D eigenvalue weighted by Gasteiger charge is -2.26. The van der Waals surface area contributed by atoms with Crippen molar-refractivity contribution in [2.75, 3.05) is 6.54 Å². The molecular weight excluding hydrogens is 576 g/mol.